The van der Waals surface area contributed by atoms with E-state index < -0.39 is 32.6 Å². The second-order valence-electron chi connectivity index (χ2n) is 4.55. The van der Waals surface area contributed by atoms with E-state index in [1.54, 1.807) is 0 Å². The molecule has 3 N–H and O–H groups in total. The van der Waals surface area contributed by atoms with Crippen molar-refractivity contribution in [3.8, 4) is 0 Å². The van der Waals surface area contributed by atoms with Gasteiger partial charge in [-0.15, -0.1) is 0 Å². The number of nitrogens with zero attached hydrogens (tertiary/aromatic N) is 1. The summed E-state index contributed by atoms with van der Waals surface area (Å²) in [6.07, 6.45) is 1.02. The normalized spacial score (nSPS) is 15.1. The molecule has 0 fully saturated rings. The summed E-state index contributed by atoms with van der Waals surface area (Å²) in [6.45, 7) is -0.526. The highest BCUT2D eigenvalue weighted by Crippen LogP contribution is 2.22. The predicted molar refractivity (Wildman–Crippen MR) is 78.2 cm³/mol. The number of hydrogen-bond acceptors (Lipinski definition) is 6. The molecular weight excluding hydrogens is 329 g/mol. The minimum absolute atomic E-state index is 0.0946. The Balaban J connectivity index is 2.29. The molecule has 0 spiro atoms. The monoisotopic (exact) mass is 343 g/mol. The summed E-state index contributed by atoms with van der Waals surface area (Å²) in [4.78, 5) is 23.8. The number of amides is 2. The second kappa shape index (κ2) is 6.44. The summed E-state index contributed by atoms with van der Waals surface area (Å²) < 4.78 is 39.1. The Morgan fingerprint density at radius 1 is 1.30 bits per heavy atom. The Labute approximate surface area is 131 Å². The molecule has 0 saturated heterocycles. The lowest BCUT2D eigenvalue weighted by Gasteiger charge is -2.14. The van der Waals surface area contributed by atoms with Crippen LogP contribution in [0, 0.1) is 5.82 Å². The maximum atomic E-state index is 13.6. The molecule has 2 rings (SSSR count). The van der Waals surface area contributed by atoms with Gasteiger partial charge in [0.05, 0.1) is 13.2 Å². The molecule has 1 aromatic rings. The zero-order valence-corrected chi connectivity index (χ0v) is 12.9. The molecule has 0 bridgehead atoms. The molecule has 1 heterocycles. The summed E-state index contributed by atoms with van der Waals surface area (Å²) in [7, 11) is -2.87. The quantitative estimate of drug-likeness (QED) is 0.594. The Kier molecular flexibility index (Phi) is 4.78. The Morgan fingerprint density at radius 3 is 2.61 bits per heavy atom. The highest BCUT2D eigenvalue weighted by molar-refractivity contribution is 7.89. The number of carbonyl (C=O) groups excluding carboxylic acids is 2. The number of anilines is 1. The number of aliphatic hydroxyl groups is 1. The molecular formula is C13H14FN3O5S. The van der Waals surface area contributed by atoms with E-state index in [0.717, 1.165) is 30.2 Å². The van der Waals surface area contributed by atoms with Crippen LogP contribution in [0.25, 0.3) is 0 Å². The van der Waals surface area contributed by atoms with E-state index in [-0.39, 0.29) is 24.5 Å². The number of benzene rings is 1. The van der Waals surface area contributed by atoms with Crippen LogP contribution in [0.4, 0.5) is 10.1 Å². The highest BCUT2D eigenvalue weighted by atomic mass is 32.2. The molecule has 0 unspecified atom stereocenters. The van der Waals surface area contributed by atoms with E-state index >= 15 is 0 Å². The Hall–Kier alpha value is -2.30. The van der Waals surface area contributed by atoms with Gasteiger partial charge in [-0.1, -0.05) is 0 Å². The minimum Gasteiger partial charge on any atom is -0.395 e. The maximum absolute atomic E-state index is 13.6. The van der Waals surface area contributed by atoms with Crippen LogP contribution >= 0.6 is 0 Å². The molecule has 0 aliphatic carbocycles. The van der Waals surface area contributed by atoms with Gasteiger partial charge < -0.3 is 10.4 Å². The third kappa shape index (κ3) is 3.38. The van der Waals surface area contributed by atoms with Gasteiger partial charge in [0.15, 0.2) is 0 Å². The highest BCUT2D eigenvalue weighted by Gasteiger charge is 2.30. The van der Waals surface area contributed by atoms with E-state index in [2.05, 4.69) is 5.32 Å². The van der Waals surface area contributed by atoms with E-state index in [1.165, 1.54) is 6.07 Å². The fourth-order valence-electron chi connectivity index (χ4n) is 1.96. The Bertz CT molecular complexity index is 791. The van der Waals surface area contributed by atoms with Crippen LogP contribution < -0.4 is 10.0 Å². The van der Waals surface area contributed by atoms with Gasteiger partial charge in [0.25, 0.3) is 11.8 Å². The van der Waals surface area contributed by atoms with Crippen molar-refractivity contribution in [3.63, 3.8) is 0 Å². The molecule has 2 amide bonds. The van der Waals surface area contributed by atoms with Crippen molar-refractivity contribution in [1.29, 1.82) is 0 Å². The van der Waals surface area contributed by atoms with Gasteiger partial charge in [0, 0.05) is 11.8 Å². The van der Waals surface area contributed by atoms with Crippen LogP contribution in [0.2, 0.25) is 0 Å². The molecule has 0 saturated carbocycles. The van der Waals surface area contributed by atoms with Gasteiger partial charge >= 0.3 is 0 Å². The molecule has 0 aromatic heterocycles. The topological polar surface area (TPSA) is 116 Å². The third-order valence-electron chi connectivity index (χ3n) is 3.10. The molecule has 8 nitrogen and oxygen atoms in total. The van der Waals surface area contributed by atoms with Gasteiger partial charge in [-0.3, -0.25) is 14.5 Å². The van der Waals surface area contributed by atoms with Gasteiger partial charge in [-0.05, 0) is 25.2 Å². The predicted octanol–water partition coefficient (Wildman–Crippen LogP) is -0.609. The Morgan fingerprint density at radius 2 is 2.00 bits per heavy atom. The average Bonchev–Trinajstić information content (AvgIpc) is 2.77. The first-order chi connectivity index (χ1) is 10.8. The van der Waals surface area contributed by atoms with Crippen molar-refractivity contribution in [3.05, 3.63) is 35.8 Å². The summed E-state index contributed by atoms with van der Waals surface area (Å²) in [5, 5.41) is 11.4. The molecule has 1 aliphatic rings. The summed E-state index contributed by atoms with van der Waals surface area (Å²) in [5.74, 6) is -2.21. The van der Waals surface area contributed by atoms with Crippen LogP contribution in [0.5, 0.6) is 0 Å². The third-order valence-corrected chi connectivity index (χ3v) is 4.53. The zero-order chi connectivity index (χ0) is 17.2. The lowest BCUT2D eigenvalue weighted by Crippen LogP contribution is -2.34. The fraction of sp³-hybridized carbons (Fsp3) is 0.231. The number of nitrogens with one attached hydrogen (secondary N) is 2. The van der Waals surface area contributed by atoms with Crippen LogP contribution in [0.1, 0.15) is 0 Å². The smallest absolute Gasteiger partial charge is 0.277 e. The minimum atomic E-state index is -4.01. The van der Waals surface area contributed by atoms with Gasteiger partial charge in [0.1, 0.15) is 16.4 Å². The number of imide groups is 1. The molecule has 10 heteroatoms. The maximum Gasteiger partial charge on any atom is 0.277 e. The van der Waals surface area contributed by atoms with Crippen LogP contribution in [-0.2, 0) is 19.6 Å². The number of carbonyl (C=O) groups is 2. The molecule has 124 valence electrons. The number of sulfonamides is 1. The van der Waals surface area contributed by atoms with Crippen molar-refractivity contribution in [2.75, 3.05) is 25.5 Å². The molecule has 1 aromatic carbocycles. The molecule has 0 radical (unpaired) electrons. The number of hydrogen-bond donors (Lipinski definition) is 3. The number of aliphatic hydroxyl groups excluding tert-OH is 1. The van der Waals surface area contributed by atoms with Crippen molar-refractivity contribution in [2.45, 2.75) is 4.90 Å². The van der Waals surface area contributed by atoms with Crippen LogP contribution in [0.15, 0.2) is 34.9 Å². The van der Waals surface area contributed by atoms with E-state index in [1.807, 2.05) is 4.72 Å². The first-order valence-electron chi connectivity index (χ1n) is 6.48. The number of β-amino-alcohol motifs (C(OH)–C–C–N with tert-alkyl or cyclic N) is 1. The lowest BCUT2D eigenvalue weighted by atomic mass is 10.3. The largest absolute Gasteiger partial charge is 0.395 e. The summed E-state index contributed by atoms with van der Waals surface area (Å²) in [5.41, 5.74) is 0.0290. The van der Waals surface area contributed by atoms with Crippen LogP contribution in [0.3, 0.4) is 0 Å². The summed E-state index contributed by atoms with van der Waals surface area (Å²) >= 11 is 0. The molecule has 1 aliphatic heterocycles. The van der Waals surface area contributed by atoms with Crippen molar-refractivity contribution >= 4 is 27.5 Å². The van der Waals surface area contributed by atoms with Gasteiger partial charge in [-0.25, -0.2) is 17.5 Å². The average molecular weight is 343 g/mol. The van der Waals surface area contributed by atoms with Crippen LogP contribution in [-0.4, -0.2) is 50.4 Å². The zero-order valence-electron chi connectivity index (χ0n) is 12.0. The van der Waals surface area contributed by atoms with Gasteiger partial charge in [-0.2, -0.15) is 0 Å². The van der Waals surface area contributed by atoms with E-state index in [4.69, 9.17) is 5.11 Å². The lowest BCUT2D eigenvalue weighted by molar-refractivity contribution is -0.137. The van der Waals surface area contributed by atoms with Gasteiger partial charge in [0.2, 0.25) is 10.0 Å². The molecule has 23 heavy (non-hydrogen) atoms. The SMILES string of the molecule is CNS(=O)(=O)c1cc(NC2=CC(=O)N(CCO)C2=O)ccc1F. The standard InChI is InChI=1S/C13H14FN3O5S/c1-15-23(21,22)11-6-8(2-3-9(11)14)16-10-7-12(19)17(4-5-18)13(10)20/h2-3,6-7,15-16,18H,4-5H2,1H3. The first-order valence-corrected chi connectivity index (χ1v) is 7.97. The first kappa shape index (κ1) is 17.1. The fourth-order valence-corrected chi connectivity index (χ4v) is 2.79. The van der Waals surface area contributed by atoms with E-state index in [0.29, 0.717) is 0 Å². The summed E-state index contributed by atoms with van der Waals surface area (Å²) in [6, 6.07) is 3.17. The van der Waals surface area contributed by atoms with E-state index in [9.17, 15) is 22.4 Å². The van der Waals surface area contributed by atoms with Crippen molar-refractivity contribution in [1.82, 2.24) is 9.62 Å². The number of halogens is 1. The van der Waals surface area contributed by atoms with Crippen molar-refractivity contribution < 1.29 is 27.5 Å². The van der Waals surface area contributed by atoms with Crippen molar-refractivity contribution in [2.24, 2.45) is 0 Å². The number of rotatable bonds is 6. The second-order valence-corrected chi connectivity index (χ2v) is 6.41. The molecule has 0 atom stereocenters.